The van der Waals surface area contributed by atoms with Gasteiger partial charge in [-0.15, -0.1) is 0 Å². The molecule has 1 aliphatic heterocycles. The van der Waals surface area contributed by atoms with E-state index in [1.165, 1.54) is 0 Å². The molecule has 31 heavy (non-hydrogen) atoms. The third-order valence-corrected chi connectivity index (χ3v) is 5.55. The number of anilines is 1. The fourth-order valence-corrected chi connectivity index (χ4v) is 4.11. The number of aromatic amines is 1. The fraction of sp³-hybridized carbons (Fsp3) is 0.304. The molecule has 0 bridgehead atoms. The number of fused-ring (bicyclic) bond motifs is 1. The Kier molecular flexibility index (Phi) is 5.32. The van der Waals surface area contributed by atoms with Crippen molar-refractivity contribution in [1.29, 1.82) is 0 Å². The largest absolute Gasteiger partial charge is 0.497 e. The number of para-hydroxylation sites is 2. The molecule has 1 unspecified atom stereocenters. The van der Waals surface area contributed by atoms with Crippen LogP contribution in [0.4, 0.5) is 5.69 Å². The summed E-state index contributed by atoms with van der Waals surface area (Å²) in [6, 6.07) is 13.2. The molecule has 1 aliphatic rings. The average Bonchev–Trinajstić information content (AvgIpc) is 3.30. The molecule has 8 heteroatoms. The predicted octanol–water partition coefficient (Wildman–Crippen LogP) is 2.96. The Hall–Kier alpha value is -3.52. The van der Waals surface area contributed by atoms with Gasteiger partial charge >= 0.3 is 0 Å². The van der Waals surface area contributed by atoms with Crippen molar-refractivity contribution in [2.45, 2.75) is 12.5 Å². The Balaban J connectivity index is 1.95. The molecule has 0 aliphatic carbocycles. The highest BCUT2D eigenvalue weighted by atomic mass is 16.5. The van der Waals surface area contributed by atoms with E-state index in [0.29, 0.717) is 28.7 Å². The molecule has 2 N–H and O–H groups in total. The van der Waals surface area contributed by atoms with Gasteiger partial charge in [0.15, 0.2) is 5.78 Å². The number of benzene rings is 2. The molecule has 4 rings (SSSR count). The summed E-state index contributed by atoms with van der Waals surface area (Å²) < 4.78 is 16.4. The van der Waals surface area contributed by atoms with Crippen LogP contribution in [0, 0.1) is 0 Å². The van der Waals surface area contributed by atoms with Crippen molar-refractivity contribution in [3.63, 3.8) is 0 Å². The van der Waals surface area contributed by atoms with Gasteiger partial charge in [-0.05, 0) is 19.1 Å². The minimum absolute atomic E-state index is 0.0976. The van der Waals surface area contributed by atoms with E-state index in [2.05, 4.69) is 15.3 Å². The Morgan fingerprint density at radius 1 is 1.10 bits per heavy atom. The SMILES string of the molecule is CNC1=C(c2nc3ccccc3[nH]2)C(=O)C(C)(COC)N1c1cc(OC)cc(OC)c1. The van der Waals surface area contributed by atoms with Gasteiger partial charge in [0.25, 0.3) is 0 Å². The summed E-state index contributed by atoms with van der Waals surface area (Å²) in [5.74, 6) is 2.28. The smallest absolute Gasteiger partial charge is 0.198 e. The monoisotopic (exact) mass is 422 g/mol. The molecule has 1 aromatic heterocycles. The second-order valence-corrected chi connectivity index (χ2v) is 7.52. The number of methoxy groups -OCH3 is 3. The number of ether oxygens (including phenoxy) is 3. The Bertz CT molecular complexity index is 1110. The van der Waals surface area contributed by atoms with E-state index >= 15 is 0 Å². The summed E-state index contributed by atoms with van der Waals surface area (Å²) in [5.41, 5.74) is 1.87. The van der Waals surface area contributed by atoms with E-state index in [0.717, 1.165) is 16.7 Å². The summed E-state index contributed by atoms with van der Waals surface area (Å²) >= 11 is 0. The molecule has 0 amide bonds. The molecular weight excluding hydrogens is 396 g/mol. The number of rotatable bonds is 7. The molecular formula is C23H26N4O4. The highest BCUT2D eigenvalue weighted by Gasteiger charge is 2.51. The number of aromatic nitrogens is 2. The lowest BCUT2D eigenvalue weighted by Crippen LogP contribution is -2.52. The summed E-state index contributed by atoms with van der Waals surface area (Å²) in [5, 5.41) is 3.21. The molecule has 0 saturated heterocycles. The number of carbonyl (C=O) groups excluding carboxylic acids is 1. The van der Waals surface area contributed by atoms with Gasteiger partial charge in [0.2, 0.25) is 0 Å². The van der Waals surface area contributed by atoms with Crippen LogP contribution in [0.25, 0.3) is 16.6 Å². The van der Waals surface area contributed by atoms with E-state index in [1.807, 2.05) is 48.2 Å². The molecule has 1 atom stereocenters. The standard InChI is InChI=1S/C23H26N4O4/c1-23(13-29-3)20(28)19(21-25-17-8-6-7-9-18(17)26-21)22(24-2)27(23)14-10-15(30-4)12-16(11-14)31-5/h6-12,24H,13H2,1-5H3,(H,25,26). The van der Waals surface area contributed by atoms with Crippen LogP contribution < -0.4 is 19.7 Å². The Morgan fingerprint density at radius 2 is 1.77 bits per heavy atom. The van der Waals surface area contributed by atoms with E-state index in [9.17, 15) is 4.79 Å². The summed E-state index contributed by atoms with van der Waals surface area (Å²) in [6.45, 7) is 2.04. The Morgan fingerprint density at radius 3 is 2.35 bits per heavy atom. The average molecular weight is 422 g/mol. The van der Waals surface area contributed by atoms with Gasteiger partial charge in [0.05, 0.1) is 37.5 Å². The van der Waals surface area contributed by atoms with Crippen molar-refractivity contribution < 1.29 is 19.0 Å². The predicted molar refractivity (Wildman–Crippen MR) is 119 cm³/mol. The second kappa shape index (κ2) is 7.96. The number of imidazole rings is 1. The first-order chi connectivity index (χ1) is 15.0. The van der Waals surface area contributed by atoms with E-state index in [1.54, 1.807) is 34.4 Å². The van der Waals surface area contributed by atoms with Crippen molar-refractivity contribution >= 4 is 28.1 Å². The van der Waals surface area contributed by atoms with Crippen molar-refractivity contribution in [1.82, 2.24) is 15.3 Å². The van der Waals surface area contributed by atoms with Crippen molar-refractivity contribution in [3.05, 3.63) is 54.1 Å². The summed E-state index contributed by atoms with van der Waals surface area (Å²) in [4.78, 5) is 23.7. The van der Waals surface area contributed by atoms with E-state index in [4.69, 9.17) is 14.2 Å². The molecule has 162 valence electrons. The lowest BCUT2D eigenvalue weighted by Gasteiger charge is -2.36. The zero-order valence-corrected chi connectivity index (χ0v) is 18.3. The van der Waals surface area contributed by atoms with Gasteiger partial charge in [-0.2, -0.15) is 0 Å². The normalized spacial score (nSPS) is 18.7. The minimum Gasteiger partial charge on any atom is -0.497 e. The maximum absolute atomic E-state index is 13.8. The fourth-order valence-electron chi connectivity index (χ4n) is 4.11. The number of hydrogen-bond donors (Lipinski definition) is 2. The van der Waals surface area contributed by atoms with Crippen LogP contribution in [0.3, 0.4) is 0 Å². The van der Waals surface area contributed by atoms with Crippen molar-refractivity contribution in [2.24, 2.45) is 0 Å². The first kappa shape index (κ1) is 20.7. The topological polar surface area (TPSA) is 88.7 Å². The Labute approximate surface area is 180 Å². The van der Waals surface area contributed by atoms with Crippen molar-refractivity contribution in [2.75, 3.05) is 39.9 Å². The third kappa shape index (κ3) is 3.29. The molecule has 2 heterocycles. The van der Waals surface area contributed by atoms with Gasteiger partial charge in [-0.1, -0.05) is 12.1 Å². The van der Waals surface area contributed by atoms with Gasteiger partial charge in [0, 0.05) is 32.4 Å². The van der Waals surface area contributed by atoms with Crippen LogP contribution in [-0.4, -0.2) is 56.3 Å². The van der Waals surface area contributed by atoms with Gasteiger partial charge in [-0.25, -0.2) is 4.98 Å². The first-order valence-corrected chi connectivity index (χ1v) is 9.91. The number of nitrogens with zero attached hydrogens (tertiary/aromatic N) is 2. The van der Waals surface area contributed by atoms with Crippen LogP contribution in [0.2, 0.25) is 0 Å². The van der Waals surface area contributed by atoms with Gasteiger partial charge < -0.3 is 29.4 Å². The van der Waals surface area contributed by atoms with Gasteiger partial charge in [-0.3, -0.25) is 4.79 Å². The lowest BCUT2D eigenvalue weighted by atomic mass is 9.94. The molecule has 0 fully saturated rings. The van der Waals surface area contributed by atoms with Crippen LogP contribution in [0.5, 0.6) is 11.5 Å². The van der Waals surface area contributed by atoms with Crippen molar-refractivity contribution in [3.8, 4) is 11.5 Å². The number of nitrogens with one attached hydrogen (secondary N) is 2. The number of H-pyrrole nitrogens is 1. The first-order valence-electron chi connectivity index (χ1n) is 9.91. The molecule has 2 aromatic carbocycles. The zero-order chi connectivity index (χ0) is 22.2. The number of ketones is 1. The summed E-state index contributed by atoms with van der Waals surface area (Å²) in [7, 11) is 6.56. The molecule has 3 aromatic rings. The van der Waals surface area contributed by atoms with Crippen LogP contribution in [0.15, 0.2) is 48.3 Å². The van der Waals surface area contributed by atoms with Crippen LogP contribution in [0.1, 0.15) is 12.7 Å². The zero-order valence-electron chi connectivity index (χ0n) is 18.3. The highest BCUT2D eigenvalue weighted by molar-refractivity contribution is 6.30. The van der Waals surface area contributed by atoms with E-state index in [-0.39, 0.29) is 12.4 Å². The maximum atomic E-state index is 13.8. The summed E-state index contributed by atoms with van der Waals surface area (Å²) in [6.07, 6.45) is 0. The van der Waals surface area contributed by atoms with Crippen LogP contribution >= 0.6 is 0 Å². The van der Waals surface area contributed by atoms with Gasteiger partial charge in [0.1, 0.15) is 34.3 Å². The molecule has 8 nitrogen and oxygen atoms in total. The lowest BCUT2D eigenvalue weighted by molar-refractivity contribution is -0.118. The number of hydrogen-bond acceptors (Lipinski definition) is 7. The minimum atomic E-state index is -1.00. The second-order valence-electron chi connectivity index (χ2n) is 7.52. The molecule has 0 radical (unpaired) electrons. The number of carbonyl (C=O) groups is 1. The molecule has 0 spiro atoms. The quantitative estimate of drug-likeness (QED) is 0.605. The third-order valence-electron chi connectivity index (χ3n) is 5.55. The van der Waals surface area contributed by atoms with E-state index < -0.39 is 5.54 Å². The number of Topliss-reactive ketones (excluding diaryl/α,β-unsaturated/α-hetero) is 1. The van der Waals surface area contributed by atoms with Crippen LogP contribution in [-0.2, 0) is 9.53 Å². The highest BCUT2D eigenvalue weighted by Crippen LogP contribution is 2.43. The maximum Gasteiger partial charge on any atom is 0.198 e. The molecule has 0 saturated carbocycles.